The SMILES string of the molecule is O=C(NCc1ccco1)C1CCN(Cc2nnc(-c3ccc(Br)cc3)o2)CC1. The van der Waals surface area contributed by atoms with Gasteiger partial charge < -0.3 is 14.2 Å². The van der Waals surface area contributed by atoms with Gasteiger partial charge in [0.1, 0.15) is 5.76 Å². The van der Waals surface area contributed by atoms with E-state index >= 15 is 0 Å². The quantitative estimate of drug-likeness (QED) is 0.624. The Balaban J connectivity index is 1.25. The Morgan fingerprint density at radius 2 is 1.96 bits per heavy atom. The summed E-state index contributed by atoms with van der Waals surface area (Å²) in [7, 11) is 0. The molecule has 28 heavy (non-hydrogen) atoms. The summed E-state index contributed by atoms with van der Waals surface area (Å²) >= 11 is 3.42. The molecule has 0 bridgehead atoms. The molecule has 0 radical (unpaired) electrons. The summed E-state index contributed by atoms with van der Waals surface area (Å²) in [5.74, 6) is 2.01. The minimum absolute atomic E-state index is 0.0345. The molecule has 4 rings (SSSR count). The summed E-state index contributed by atoms with van der Waals surface area (Å²) in [6, 6.07) is 11.4. The number of halogens is 1. The summed E-state index contributed by atoms with van der Waals surface area (Å²) in [5, 5.41) is 11.3. The van der Waals surface area contributed by atoms with Crippen molar-refractivity contribution in [1.29, 1.82) is 0 Å². The summed E-state index contributed by atoms with van der Waals surface area (Å²) in [4.78, 5) is 14.6. The molecule has 1 N–H and O–H groups in total. The first-order valence-electron chi connectivity index (χ1n) is 9.28. The lowest BCUT2D eigenvalue weighted by Crippen LogP contribution is -2.40. The fraction of sp³-hybridized carbons (Fsp3) is 0.350. The molecule has 0 saturated carbocycles. The van der Waals surface area contributed by atoms with Gasteiger partial charge in [-0.1, -0.05) is 15.9 Å². The summed E-state index contributed by atoms with van der Waals surface area (Å²) < 4.78 is 12.0. The van der Waals surface area contributed by atoms with Gasteiger partial charge in [0.05, 0.1) is 19.4 Å². The number of likely N-dealkylation sites (tertiary alicyclic amines) is 1. The van der Waals surface area contributed by atoms with Crippen molar-refractivity contribution in [1.82, 2.24) is 20.4 Å². The van der Waals surface area contributed by atoms with Gasteiger partial charge in [-0.25, -0.2) is 0 Å². The highest BCUT2D eigenvalue weighted by Crippen LogP contribution is 2.23. The number of carbonyl (C=O) groups excluding carboxylic acids is 1. The van der Waals surface area contributed by atoms with E-state index in [0.717, 1.165) is 41.7 Å². The molecule has 3 aromatic rings. The number of rotatable bonds is 6. The van der Waals surface area contributed by atoms with Gasteiger partial charge in [0.25, 0.3) is 0 Å². The van der Waals surface area contributed by atoms with Crippen LogP contribution in [0, 0.1) is 5.92 Å². The topological polar surface area (TPSA) is 84.4 Å². The Morgan fingerprint density at radius 1 is 1.18 bits per heavy atom. The Labute approximate surface area is 171 Å². The summed E-state index contributed by atoms with van der Waals surface area (Å²) in [6.07, 6.45) is 3.25. The lowest BCUT2D eigenvalue weighted by Gasteiger charge is -2.30. The van der Waals surface area contributed by atoms with E-state index in [1.54, 1.807) is 6.26 Å². The number of aromatic nitrogens is 2. The average Bonchev–Trinajstić information content (AvgIpc) is 3.39. The zero-order chi connectivity index (χ0) is 19.3. The van der Waals surface area contributed by atoms with E-state index in [2.05, 4.69) is 36.3 Å². The minimum atomic E-state index is 0.0345. The van der Waals surface area contributed by atoms with Gasteiger partial charge in [-0.05, 0) is 62.3 Å². The number of benzene rings is 1. The molecule has 0 atom stereocenters. The third kappa shape index (κ3) is 4.69. The first-order chi connectivity index (χ1) is 13.7. The highest BCUT2D eigenvalue weighted by molar-refractivity contribution is 9.10. The lowest BCUT2D eigenvalue weighted by atomic mass is 9.96. The van der Waals surface area contributed by atoms with E-state index in [0.29, 0.717) is 24.9 Å². The highest BCUT2D eigenvalue weighted by atomic mass is 79.9. The molecule has 8 heteroatoms. The number of hydrogen-bond donors (Lipinski definition) is 1. The molecule has 2 aromatic heterocycles. The molecule has 3 heterocycles. The maximum Gasteiger partial charge on any atom is 0.247 e. The van der Waals surface area contributed by atoms with Gasteiger partial charge >= 0.3 is 0 Å². The highest BCUT2D eigenvalue weighted by Gasteiger charge is 2.26. The number of nitrogens with one attached hydrogen (secondary N) is 1. The van der Waals surface area contributed by atoms with Crippen LogP contribution in [0.5, 0.6) is 0 Å². The second-order valence-corrected chi connectivity index (χ2v) is 7.77. The standard InChI is InChI=1S/C20H21BrN4O3/c21-16-5-3-15(4-6-16)20-24-23-18(28-20)13-25-9-7-14(8-10-25)19(26)22-12-17-2-1-11-27-17/h1-6,11,14H,7-10,12-13H2,(H,22,26). The van der Waals surface area contributed by atoms with Gasteiger partial charge in [0.15, 0.2) is 0 Å². The zero-order valence-electron chi connectivity index (χ0n) is 15.3. The normalized spacial score (nSPS) is 15.6. The molecule has 1 fully saturated rings. The van der Waals surface area contributed by atoms with Crippen LogP contribution in [0.15, 0.2) is 56.0 Å². The van der Waals surface area contributed by atoms with Crippen LogP contribution in [0.4, 0.5) is 0 Å². The first-order valence-corrected chi connectivity index (χ1v) is 10.1. The van der Waals surface area contributed by atoms with Gasteiger partial charge in [0.2, 0.25) is 17.7 Å². The fourth-order valence-electron chi connectivity index (χ4n) is 3.30. The van der Waals surface area contributed by atoms with Crippen LogP contribution in [0.3, 0.4) is 0 Å². The molecule has 7 nitrogen and oxygen atoms in total. The van der Waals surface area contributed by atoms with E-state index in [9.17, 15) is 4.79 Å². The number of amides is 1. The van der Waals surface area contributed by atoms with E-state index in [1.165, 1.54) is 0 Å². The third-order valence-corrected chi connectivity index (χ3v) is 5.42. The van der Waals surface area contributed by atoms with Gasteiger partial charge in [-0.15, -0.1) is 10.2 Å². The van der Waals surface area contributed by atoms with Crippen LogP contribution < -0.4 is 5.32 Å². The molecule has 0 spiro atoms. The van der Waals surface area contributed by atoms with E-state index in [1.807, 2.05) is 36.4 Å². The number of nitrogens with zero attached hydrogens (tertiary/aromatic N) is 3. The average molecular weight is 445 g/mol. The molecule has 1 amide bonds. The fourth-order valence-corrected chi connectivity index (χ4v) is 3.57. The maximum atomic E-state index is 12.3. The third-order valence-electron chi connectivity index (χ3n) is 4.89. The summed E-state index contributed by atoms with van der Waals surface area (Å²) in [6.45, 7) is 2.70. The predicted molar refractivity (Wildman–Crippen MR) is 106 cm³/mol. The smallest absolute Gasteiger partial charge is 0.247 e. The van der Waals surface area contributed by atoms with Crippen molar-refractivity contribution < 1.29 is 13.6 Å². The Bertz CT molecular complexity index is 900. The van der Waals surface area contributed by atoms with Crippen LogP contribution in [0.2, 0.25) is 0 Å². The molecule has 0 aliphatic carbocycles. The van der Waals surface area contributed by atoms with Crippen molar-refractivity contribution in [2.75, 3.05) is 13.1 Å². The lowest BCUT2D eigenvalue weighted by molar-refractivity contribution is -0.126. The van der Waals surface area contributed by atoms with E-state index < -0.39 is 0 Å². The van der Waals surface area contributed by atoms with Crippen molar-refractivity contribution in [2.45, 2.75) is 25.9 Å². The summed E-state index contributed by atoms with van der Waals surface area (Å²) in [5.41, 5.74) is 0.897. The van der Waals surface area contributed by atoms with Crippen LogP contribution in [-0.2, 0) is 17.9 Å². The van der Waals surface area contributed by atoms with Crippen LogP contribution in [-0.4, -0.2) is 34.1 Å². The first kappa shape index (κ1) is 18.9. The number of hydrogen-bond acceptors (Lipinski definition) is 6. The second-order valence-electron chi connectivity index (χ2n) is 6.86. The van der Waals surface area contributed by atoms with Crippen LogP contribution in [0.1, 0.15) is 24.5 Å². The van der Waals surface area contributed by atoms with Crippen molar-refractivity contribution in [3.63, 3.8) is 0 Å². The Hall–Kier alpha value is -2.45. The number of furan rings is 1. The molecule has 1 saturated heterocycles. The zero-order valence-corrected chi connectivity index (χ0v) is 16.9. The molecule has 1 aliphatic rings. The molecular weight excluding hydrogens is 424 g/mol. The largest absolute Gasteiger partial charge is 0.467 e. The van der Waals surface area contributed by atoms with Crippen LogP contribution >= 0.6 is 15.9 Å². The number of piperidine rings is 1. The molecule has 0 unspecified atom stereocenters. The molecule has 1 aliphatic heterocycles. The minimum Gasteiger partial charge on any atom is -0.467 e. The monoisotopic (exact) mass is 444 g/mol. The van der Waals surface area contributed by atoms with Crippen molar-refractivity contribution in [3.05, 3.63) is 58.8 Å². The maximum absolute atomic E-state index is 12.3. The van der Waals surface area contributed by atoms with Crippen LogP contribution in [0.25, 0.3) is 11.5 Å². The van der Waals surface area contributed by atoms with Gasteiger partial charge in [0, 0.05) is 16.0 Å². The van der Waals surface area contributed by atoms with E-state index in [4.69, 9.17) is 8.83 Å². The van der Waals surface area contributed by atoms with E-state index in [-0.39, 0.29) is 11.8 Å². The van der Waals surface area contributed by atoms with Crippen molar-refractivity contribution >= 4 is 21.8 Å². The van der Waals surface area contributed by atoms with Crippen molar-refractivity contribution in [3.8, 4) is 11.5 Å². The predicted octanol–water partition coefficient (Wildman–Crippen LogP) is 3.62. The van der Waals surface area contributed by atoms with Crippen molar-refractivity contribution in [2.24, 2.45) is 5.92 Å². The Kier molecular flexibility index (Phi) is 5.87. The van der Waals surface area contributed by atoms with Gasteiger partial charge in [-0.3, -0.25) is 9.69 Å². The molecule has 146 valence electrons. The molecule has 1 aromatic carbocycles. The Morgan fingerprint density at radius 3 is 2.68 bits per heavy atom. The second kappa shape index (κ2) is 8.70. The molecular formula is C20H21BrN4O3. The number of carbonyl (C=O) groups is 1. The van der Waals surface area contributed by atoms with Gasteiger partial charge in [-0.2, -0.15) is 0 Å².